The van der Waals surface area contributed by atoms with Gasteiger partial charge in [-0.3, -0.25) is 0 Å². The Morgan fingerprint density at radius 1 is 0.392 bits per heavy atom. The summed E-state index contributed by atoms with van der Waals surface area (Å²) in [5.41, 5.74) is 10.5. The SMILES string of the molecule is C1=CC(c2ccccc2)(c2ccc(-c3ccccc3)cc2)Oc2c1cc(-c1ccc(N(c3ccccc3)c3ccccc3)cc1)c1ccccc21. The van der Waals surface area contributed by atoms with Gasteiger partial charge in [0.15, 0.2) is 5.60 Å². The fraction of sp³-hybridized carbons (Fsp3) is 0.0204. The van der Waals surface area contributed by atoms with Crippen molar-refractivity contribution in [1.82, 2.24) is 0 Å². The van der Waals surface area contributed by atoms with Gasteiger partial charge in [0.25, 0.3) is 0 Å². The van der Waals surface area contributed by atoms with Gasteiger partial charge in [-0.05, 0) is 76.2 Å². The first-order chi connectivity index (χ1) is 25.3. The summed E-state index contributed by atoms with van der Waals surface area (Å²) in [7, 11) is 0. The van der Waals surface area contributed by atoms with Crippen LogP contribution in [0.5, 0.6) is 5.75 Å². The van der Waals surface area contributed by atoms with Crippen molar-refractivity contribution in [2.45, 2.75) is 5.60 Å². The van der Waals surface area contributed by atoms with E-state index in [1.165, 1.54) is 16.7 Å². The molecule has 0 radical (unpaired) electrons. The molecule has 51 heavy (non-hydrogen) atoms. The second-order valence-corrected chi connectivity index (χ2v) is 12.9. The molecule has 1 unspecified atom stereocenters. The summed E-state index contributed by atoms with van der Waals surface area (Å²) in [4.78, 5) is 2.29. The first kappa shape index (κ1) is 30.4. The van der Waals surface area contributed by atoms with Crippen molar-refractivity contribution in [2.24, 2.45) is 0 Å². The maximum absolute atomic E-state index is 7.30. The molecule has 1 aliphatic heterocycles. The highest BCUT2D eigenvalue weighted by Crippen LogP contribution is 2.48. The standard InChI is InChI=1S/C49H35NO/c1-5-15-36(16-6-1)37-25-29-41(30-26-37)49(40-17-7-2-8-18-40)34-33-39-35-47(45-23-13-14-24-46(45)48(39)51-49)38-27-31-44(32-28-38)50(42-19-9-3-10-20-42)43-21-11-4-12-22-43/h1-35H. The highest BCUT2D eigenvalue weighted by Gasteiger charge is 2.38. The van der Waals surface area contributed by atoms with Gasteiger partial charge in [-0.25, -0.2) is 0 Å². The Labute approximate surface area is 299 Å². The molecule has 242 valence electrons. The molecule has 0 saturated carbocycles. The molecule has 0 aliphatic carbocycles. The second-order valence-electron chi connectivity index (χ2n) is 12.9. The Kier molecular flexibility index (Phi) is 7.75. The van der Waals surface area contributed by atoms with Crippen LogP contribution in [0.2, 0.25) is 0 Å². The van der Waals surface area contributed by atoms with Crippen molar-refractivity contribution >= 4 is 33.9 Å². The first-order valence-corrected chi connectivity index (χ1v) is 17.4. The van der Waals surface area contributed by atoms with Gasteiger partial charge in [0.1, 0.15) is 5.75 Å². The van der Waals surface area contributed by atoms with Crippen LogP contribution in [0.1, 0.15) is 16.7 Å². The van der Waals surface area contributed by atoms with Crippen LogP contribution < -0.4 is 9.64 Å². The zero-order valence-electron chi connectivity index (χ0n) is 28.1. The van der Waals surface area contributed by atoms with Gasteiger partial charge in [0.05, 0.1) is 0 Å². The fourth-order valence-corrected chi connectivity index (χ4v) is 7.34. The lowest BCUT2D eigenvalue weighted by Gasteiger charge is -2.37. The molecule has 0 aromatic heterocycles. The fourth-order valence-electron chi connectivity index (χ4n) is 7.34. The lowest BCUT2D eigenvalue weighted by Crippen LogP contribution is -2.34. The van der Waals surface area contributed by atoms with Gasteiger partial charge >= 0.3 is 0 Å². The molecular formula is C49H35NO. The van der Waals surface area contributed by atoms with E-state index in [0.29, 0.717) is 0 Å². The molecule has 0 saturated heterocycles. The molecule has 8 aromatic carbocycles. The lowest BCUT2D eigenvalue weighted by atomic mass is 9.82. The van der Waals surface area contributed by atoms with Gasteiger partial charge < -0.3 is 9.64 Å². The highest BCUT2D eigenvalue weighted by atomic mass is 16.5. The first-order valence-electron chi connectivity index (χ1n) is 17.4. The lowest BCUT2D eigenvalue weighted by molar-refractivity contribution is 0.163. The molecule has 1 heterocycles. The Morgan fingerprint density at radius 3 is 1.49 bits per heavy atom. The summed E-state index contributed by atoms with van der Waals surface area (Å²) in [6, 6.07) is 70.7. The summed E-state index contributed by atoms with van der Waals surface area (Å²) in [6.45, 7) is 0. The van der Waals surface area contributed by atoms with Gasteiger partial charge in [0.2, 0.25) is 0 Å². The minimum atomic E-state index is -0.784. The van der Waals surface area contributed by atoms with E-state index >= 15 is 0 Å². The van der Waals surface area contributed by atoms with Gasteiger partial charge in [0, 0.05) is 39.1 Å². The number of hydrogen-bond acceptors (Lipinski definition) is 2. The predicted octanol–water partition coefficient (Wildman–Crippen LogP) is 13.0. The normalized spacial score (nSPS) is 14.8. The van der Waals surface area contributed by atoms with Crippen LogP contribution in [0.25, 0.3) is 39.1 Å². The molecule has 0 spiro atoms. The van der Waals surface area contributed by atoms with E-state index in [-0.39, 0.29) is 0 Å². The van der Waals surface area contributed by atoms with E-state index in [1.807, 2.05) is 0 Å². The average Bonchev–Trinajstić information content (AvgIpc) is 3.22. The predicted molar refractivity (Wildman–Crippen MR) is 213 cm³/mol. The highest BCUT2D eigenvalue weighted by molar-refractivity contribution is 6.03. The Morgan fingerprint density at radius 2 is 0.863 bits per heavy atom. The quantitative estimate of drug-likeness (QED) is 0.170. The maximum Gasteiger partial charge on any atom is 0.178 e. The van der Waals surface area contributed by atoms with Crippen molar-refractivity contribution in [1.29, 1.82) is 0 Å². The maximum atomic E-state index is 7.30. The van der Waals surface area contributed by atoms with Crippen molar-refractivity contribution in [2.75, 3.05) is 4.90 Å². The molecule has 2 nitrogen and oxygen atoms in total. The van der Waals surface area contributed by atoms with E-state index in [2.05, 4.69) is 217 Å². The minimum absolute atomic E-state index is 0.784. The van der Waals surface area contributed by atoms with Crippen LogP contribution in [0.15, 0.2) is 206 Å². The Hall–Kier alpha value is -6.64. The zero-order valence-corrected chi connectivity index (χ0v) is 28.1. The monoisotopic (exact) mass is 653 g/mol. The number of hydrogen-bond donors (Lipinski definition) is 0. The smallest absolute Gasteiger partial charge is 0.178 e. The van der Waals surface area contributed by atoms with Crippen LogP contribution in [0.3, 0.4) is 0 Å². The number of para-hydroxylation sites is 2. The molecule has 2 heteroatoms. The Bertz CT molecular complexity index is 2420. The van der Waals surface area contributed by atoms with E-state index in [9.17, 15) is 0 Å². The molecule has 0 fully saturated rings. The molecular weight excluding hydrogens is 619 g/mol. The van der Waals surface area contributed by atoms with Crippen molar-refractivity contribution < 1.29 is 4.74 Å². The third kappa shape index (κ3) is 5.57. The van der Waals surface area contributed by atoms with E-state index in [4.69, 9.17) is 4.74 Å². The molecule has 9 rings (SSSR count). The molecule has 1 aliphatic rings. The Balaban J connectivity index is 1.13. The number of nitrogens with zero attached hydrogens (tertiary/aromatic N) is 1. The summed E-state index contributed by atoms with van der Waals surface area (Å²) in [5.74, 6) is 0.892. The largest absolute Gasteiger partial charge is 0.472 e. The summed E-state index contributed by atoms with van der Waals surface area (Å²) in [6.07, 6.45) is 4.47. The second kappa shape index (κ2) is 13.0. The molecule has 1 atom stereocenters. The van der Waals surface area contributed by atoms with Crippen LogP contribution >= 0.6 is 0 Å². The third-order valence-corrected chi connectivity index (χ3v) is 9.87. The number of ether oxygens (including phenoxy) is 1. The van der Waals surface area contributed by atoms with Crippen molar-refractivity contribution in [3.8, 4) is 28.0 Å². The van der Waals surface area contributed by atoms with Crippen LogP contribution in [-0.2, 0) is 5.60 Å². The van der Waals surface area contributed by atoms with E-state index < -0.39 is 5.60 Å². The number of benzene rings is 8. The van der Waals surface area contributed by atoms with Gasteiger partial charge in [-0.2, -0.15) is 0 Å². The number of anilines is 3. The van der Waals surface area contributed by atoms with E-state index in [0.717, 1.165) is 55.8 Å². The minimum Gasteiger partial charge on any atom is -0.472 e. The summed E-state index contributed by atoms with van der Waals surface area (Å²) >= 11 is 0. The van der Waals surface area contributed by atoms with Gasteiger partial charge in [-0.15, -0.1) is 0 Å². The van der Waals surface area contributed by atoms with Gasteiger partial charge in [-0.1, -0.05) is 164 Å². The van der Waals surface area contributed by atoms with Crippen LogP contribution in [0.4, 0.5) is 17.1 Å². The van der Waals surface area contributed by atoms with Crippen molar-refractivity contribution in [3.05, 3.63) is 223 Å². The topological polar surface area (TPSA) is 12.5 Å². The van der Waals surface area contributed by atoms with Crippen LogP contribution in [-0.4, -0.2) is 0 Å². The molecule has 0 amide bonds. The summed E-state index contributed by atoms with van der Waals surface area (Å²) < 4.78 is 7.30. The third-order valence-electron chi connectivity index (χ3n) is 9.87. The zero-order chi connectivity index (χ0) is 34.0. The van der Waals surface area contributed by atoms with E-state index in [1.54, 1.807) is 0 Å². The number of rotatable bonds is 7. The molecule has 0 N–H and O–H groups in total. The molecule has 0 bridgehead atoms. The van der Waals surface area contributed by atoms with Crippen molar-refractivity contribution in [3.63, 3.8) is 0 Å². The average molecular weight is 654 g/mol. The number of fused-ring (bicyclic) bond motifs is 3. The summed E-state index contributed by atoms with van der Waals surface area (Å²) in [5, 5.41) is 2.25. The van der Waals surface area contributed by atoms with Crippen LogP contribution in [0, 0.1) is 0 Å². The molecule has 8 aromatic rings.